The average molecular weight is 317 g/mol. The van der Waals surface area contributed by atoms with Crippen LogP contribution in [0, 0.1) is 5.41 Å². The Morgan fingerprint density at radius 2 is 2.13 bits per heavy atom. The second-order valence-electron chi connectivity index (χ2n) is 6.05. The van der Waals surface area contributed by atoms with Crippen LogP contribution in [0.15, 0.2) is 37.2 Å². The molecule has 1 saturated carbocycles. The van der Waals surface area contributed by atoms with E-state index in [2.05, 4.69) is 16.9 Å². The van der Waals surface area contributed by atoms with E-state index < -0.39 is 0 Å². The summed E-state index contributed by atoms with van der Waals surface area (Å²) in [6.07, 6.45) is 7.27. The molecule has 6 heteroatoms. The highest BCUT2D eigenvalue weighted by molar-refractivity contribution is 5.90. The maximum atomic E-state index is 12.3. The number of aromatic nitrogens is 1. The van der Waals surface area contributed by atoms with Crippen molar-refractivity contribution in [3.63, 3.8) is 0 Å². The van der Waals surface area contributed by atoms with Crippen molar-refractivity contribution in [2.75, 3.05) is 20.2 Å². The summed E-state index contributed by atoms with van der Waals surface area (Å²) in [5.41, 5.74) is 0.581. The molecule has 0 aliphatic heterocycles. The molecule has 124 valence electrons. The van der Waals surface area contributed by atoms with Crippen LogP contribution in [0.4, 0.5) is 0 Å². The first-order chi connectivity index (χ1) is 11.0. The van der Waals surface area contributed by atoms with E-state index in [0.717, 1.165) is 24.8 Å². The Balaban J connectivity index is 2.14. The molecule has 0 bridgehead atoms. The standard InChI is InChI=1S/C17H23N3O3/c1-3-15(23)20(2)11-14(22)19-16(13-5-9-18-10-6-13)17(12-21)7-4-8-17/h3,5-6,9-10,16,21H,1,4,7-8,11-12H2,2H3,(H,19,22). The first-order valence-corrected chi connectivity index (χ1v) is 7.70. The molecule has 2 N–H and O–H groups in total. The van der Waals surface area contributed by atoms with Crippen molar-refractivity contribution in [3.8, 4) is 0 Å². The van der Waals surface area contributed by atoms with Crippen LogP contribution in [0.5, 0.6) is 0 Å². The Labute approximate surface area is 136 Å². The minimum atomic E-state index is -0.335. The lowest BCUT2D eigenvalue weighted by atomic mass is 9.63. The first kappa shape index (κ1) is 17.1. The van der Waals surface area contributed by atoms with Crippen LogP contribution < -0.4 is 5.32 Å². The monoisotopic (exact) mass is 317 g/mol. The van der Waals surface area contributed by atoms with Crippen molar-refractivity contribution in [1.82, 2.24) is 15.2 Å². The number of amides is 2. The van der Waals surface area contributed by atoms with Gasteiger partial charge in [-0.2, -0.15) is 0 Å². The van der Waals surface area contributed by atoms with Gasteiger partial charge in [-0.15, -0.1) is 0 Å². The Morgan fingerprint density at radius 3 is 2.61 bits per heavy atom. The van der Waals surface area contributed by atoms with Gasteiger partial charge in [0.2, 0.25) is 11.8 Å². The van der Waals surface area contributed by atoms with Crippen LogP contribution >= 0.6 is 0 Å². The molecule has 1 atom stereocenters. The van der Waals surface area contributed by atoms with Crippen molar-refractivity contribution in [1.29, 1.82) is 0 Å². The third kappa shape index (κ3) is 3.76. The van der Waals surface area contributed by atoms with E-state index in [4.69, 9.17) is 0 Å². The number of hydrogen-bond acceptors (Lipinski definition) is 4. The minimum absolute atomic E-state index is 0.0156. The molecule has 2 amide bonds. The lowest BCUT2D eigenvalue weighted by Gasteiger charge is -2.47. The topological polar surface area (TPSA) is 82.5 Å². The van der Waals surface area contributed by atoms with Gasteiger partial charge in [0.25, 0.3) is 0 Å². The molecule has 1 aromatic heterocycles. The summed E-state index contributed by atoms with van der Waals surface area (Å²) in [5.74, 6) is -0.564. The molecule has 0 saturated heterocycles. The molecular weight excluding hydrogens is 294 g/mol. The van der Waals surface area contributed by atoms with Gasteiger partial charge in [-0.3, -0.25) is 14.6 Å². The van der Waals surface area contributed by atoms with Crippen LogP contribution in [0.1, 0.15) is 30.9 Å². The number of aliphatic hydroxyl groups is 1. The Kier molecular flexibility index (Phi) is 5.50. The fraction of sp³-hybridized carbons (Fsp3) is 0.471. The Bertz CT molecular complexity index is 564. The molecule has 0 radical (unpaired) electrons. The molecule has 1 heterocycles. The Hall–Kier alpha value is -2.21. The maximum absolute atomic E-state index is 12.3. The van der Waals surface area contributed by atoms with Gasteiger partial charge in [-0.05, 0) is 36.6 Å². The molecule has 1 unspecified atom stereocenters. The summed E-state index contributed by atoms with van der Waals surface area (Å²) in [4.78, 5) is 29.1. The summed E-state index contributed by atoms with van der Waals surface area (Å²) in [7, 11) is 1.55. The van der Waals surface area contributed by atoms with E-state index in [9.17, 15) is 14.7 Å². The van der Waals surface area contributed by atoms with Crippen LogP contribution in [0.25, 0.3) is 0 Å². The highest BCUT2D eigenvalue weighted by Crippen LogP contribution is 2.49. The van der Waals surface area contributed by atoms with E-state index in [-0.39, 0.29) is 36.4 Å². The first-order valence-electron chi connectivity index (χ1n) is 7.70. The van der Waals surface area contributed by atoms with Gasteiger partial charge in [0.05, 0.1) is 19.2 Å². The number of carbonyl (C=O) groups excluding carboxylic acids is 2. The second-order valence-corrected chi connectivity index (χ2v) is 6.05. The molecule has 0 spiro atoms. The quantitative estimate of drug-likeness (QED) is 0.736. The molecule has 2 rings (SSSR count). The van der Waals surface area contributed by atoms with Crippen molar-refractivity contribution < 1.29 is 14.7 Å². The van der Waals surface area contributed by atoms with Gasteiger partial charge in [0.1, 0.15) is 0 Å². The van der Waals surface area contributed by atoms with E-state index in [1.54, 1.807) is 19.4 Å². The van der Waals surface area contributed by atoms with Crippen molar-refractivity contribution in [2.24, 2.45) is 5.41 Å². The van der Waals surface area contributed by atoms with Crippen LogP contribution in [0.2, 0.25) is 0 Å². The Morgan fingerprint density at radius 1 is 1.48 bits per heavy atom. The fourth-order valence-electron chi connectivity index (χ4n) is 2.97. The summed E-state index contributed by atoms with van der Waals surface area (Å²) in [5, 5.41) is 12.8. The maximum Gasteiger partial charge on any atom is 0.246 e. The number of hydrogen-bond donors (Lipinski definition) is 2. The number of aliphatic hydroxyl groups excluding tert-OH is 1. The summed E-state index contributed by atoms with van der Waals surface area (Å²) in [6, 6.07) is 3.41. The second kappa shape index (κ2) is 7.37. The van der Waals surface area contributed by atoms with E-state index in [1.165, 1.54) is 11.0 Å². The summed E-state index contributed by atoms with van der Waals surface area (Å²) >= 11 is 0. The molecule has 1 fully saturated rings. The average Bonchev–Trinajstić information content (AvgIpc) is 2.53. The lowest BCUT2D eigenvalue weighted by Crippen LogP contribution is -2.49. The highest BCUT2D eigenvalue weighted by Gasteiger charge is 2.45. The van der Waals surface area contributed by atoms with Crippen molar-refractivity contribution in [3.05, 3.63) is 42.7 Å². The fourth-order valence-corrected chi connectivity index (χ4v) is 2.97. The molecule has 6 nitrogen and oxygen atoms in total. The van der Waals surface area contributed by atoms with Gasteiger partial charge in [0, 0.05) is 24.9 Å². The predicted octanol–water partition coefficient (Wildman–Crippen LogP) is 1.05. The number of nitrogens with zero attached hydrogens (tertiary/aromatic N) is 2. The number of likely N-dealkylation sites (N-methyl/N-ethyl adjacent to an activating group) is 1. The molecule has 1 aliphatic rings. The number of carbonyl (C=O) groups is 2. The van der Waals surface area contributed by atoms with E-state index in [1.807, 2.05) is 12.1 Å². The SMILES string of the molecule is C=CC(=O)N(C)CC(=O)NC(c1ccncc1)C1(CO)CCC1. The molecule has 1 aliphatic carbocycles. The van der Waals surface area contributed by atoms with Crippen LogP contribution in [-0.4, -0.2) is 47.0 Å². The predicted molar refractivity (Wildman–Crippen MR) is 86.3 cm³/mol. The minimum Gasteiger partial charge on any atom is -0.396 e. The summed E-state index contributed by atoms with van der Waals surface area (Å²) in [6.45, 7) is 3.38. The largest absolute Gasteiger partial charge is 0.396 e. The zero-order chi connectivity index (χ0) is 16.9. The van der Waals surface area contributed by atoms with Gasteiger partial charge < -0.3 is 15.3 Å². The highest BCUT2D eigenvalue weighted by atomic mass is 16.3. The lowest BCUT2D eigenvalue weighted by molar-refractivity contribution is -0.132. The molecular formula is C17H23N3O3. The number of nitrogens with one attached hydrogen (secondary N) is 1. The molecule has 0 aromatic carbocycles. The molecule has 1 aromatic rings. The van der Waals surface area contributed by atoms with E-state index in [0.29, 0.717) is 0 Å². The third-order valence-corrected chi connectivity index (χ3v) is 4.55. The van der Waals surface area contributed by atoms with Crippen molar-refractivity contribution in [2.45, 2.75) is 25.3 Å². The van der Waals surface area contributed by atoms with Crippen LogP contribution in [-0.2, 0) is 9.59 Å². The van der Waals surface area contributed by atoms with E-state index >= 15 is 0 Å². The zero-order valence-corrected chi connectivity index (χ0v) is 13.4. The zero-order valence-electron chi connectivity index (χ0n) is 13.4. The van der Waals surface area contributed by atoms with Gasteiger partial charge in [-0.25, -0.2) is 0 Å². The molecule has 23 heavy (non-hydrogen) atoms. The van der Waals surface area contributed by atoms with Gasteiger partial charge >= 0.3 is 0 Å². The van der Waals surface area contributed by atoms with Gasteiger partial charge in [-0.1, -0.05) is 13.0 Å². The van der Waals surface area contributed by atoms with Gasteiger partial charge in [0.15, 0.2) is 0 Å². The number of pyridine rings is 1. The number of rotatable bonds is 7. The smallest absolute Gasteiger partial charge is 0.246 e. The van der Waals surface area contributed by atoms with Crippen LogP contribution in [0.3, 0.4) is 0 Å². The normalized spacial score (nSPS) is 16.8. The summed E-state index contributed by atoms with van der Waals surface area (Å²) < 4.78 is 0. The van der Waals surface area contributed by atoms with Crippen molar-refractivity contribution >= 4 is 11.8 Å². The third-order valence-electron chi connectivity index (χ3n) is 4.55.